The first-order chi connectivity index (χ1) is 6.72. The van der Waals surface area contributed by atoms with Gasteiger partial charge in [-0.05, 0) is 34.5 Å². The summed E-state index contributed by atoms with van der Waals surface area (Å²) in [4.78, 5) is 4.21. The van der Waals surface area contributed by atoms with Gasteiger partial charge in [0.15, 0.2) is 0 Å². The predicted octanol–water partition coefficient (Wildman–Crippen LogP) is 2.54. The largest absolute Gasteiger partial charge is 0.387 e. The van der Waals surface area contributed by atoms with Crippen molar-refractivity contribution in [3.05, 3.63) is 34.7 Å². The molecule has 2 heterocycles. The van der Waals surface area contributed by atoms with Gasteiger partial charge in [0.1, 0.15) is 5.65 Å². The van der Waals surface area contributed by atoms with Gasteiger partial charge < -0.3 is 9.51 Å². The highest BCUT2D eigenvalue weighted by molar-refractivity contribution is 9.10. The van der Waals surface area contributed by atoms with E-state index in [0.717, 1.165) is 15.8 Å². The number of hydrogen-bond acceptors (Lipinski definition) is 2. The number of aliphatic hydroxyl groups is 1. The summed E-state index contributed by atoms with van der Waals surface area (Å²) >= 11 is 3.39. The average molecular weight is 255 g/mol. The maximum Gasteiger partial charge on any atom is 0.137 e. The zero-order valence-electron chi connectivity index (χ0n) is 7.81. The molecule has 0 aliphatic carbocycles. The van der Waals surface area contributed by atoms with Crippen LogP contribution in [-0.2, 0) is 0 Å². The molecule has 74 valence electrons. The first-order valence-electron chi connectivity index (χ1n) is 4.53. The number of aliphatic hydroxyl groups excluding tert-OH is 1. The Balaban J connectivity index is 2.61. The van der Waals surface area contributed by atoms with Crippen molar-refractivity contribution in [2.45, 2.75) is 19.4 Å². The van der Waals surface area contributed by atoms with E-state index in [-0.39, 0.29) is 0 Å². The van der Waals surface area contributed by atoms with E-state index in [9.17, 15) is 5.11 Å². The van der Waals surface area contributed by atoms with Gasteiger partial charge in [0.2, 0.25) is 0 Å². The van der Waals surface area contributed by atoms with Crippen LogP contribution in [0.1, 0.15) is 25.1 Å². The Morgan fingerprint density at radius 3 is 3.07 bits per heavy atom. The molecule has 0 spiro atoms. The van der Waals surface area contributed by atoms with E-state index in [4.69, 9.17) is 0 Å². The molecule has 1 atom stereocenters. The summed E-state index contributed by atoms with van der Waals surface area (Å²) in [6.45, 7) is 1.95. The number of pyridine rings is 1. The predicted molar refractivity (Wildman–Crippen MR) is 58.1 cm³/mol. The van der Waals surface area contributed by atoms with E-state index < -0.39 is 6.10 Å². The molecule has 0 radical (unpaired) electrons. The summed E-state index contributed by atoms with van der Waals surface area (Å²) in [5, 5.41) is 9.73. The van der Waals surface area contributed by atoms with Gasteiger partial charge in [-0.25, -0.2) is 4.98 Å². The van der Waals surface area contributed by atoms with E-state index in [0.29, 0.717) is 6.42 Å². The van der Waals surface area contributed by atoms with E-state index in [1.54, 1.807) is 6.20 Å². The summed E-state index contributed by atoms with van der Waals surface area (Å²) in [5.41, 5.74) is 1.69. The average Bonchev–Trinajstić information content (AvgIpc) is 2.59. The van der Waals surface area contributed by atoms with Crippen molar-refractivity contribution in [3.63, 3.8) is 0 Å². The van der Waals surface area contributed by atoms with Crippen LogP contribution >= 0.6 is 15.9 Å². The molecule has 0 aliphatic heterocycles. The second-order valence-electron chi connectivity index (χ2n) is 3.18. The SMILES string of the molecule is CCC(O)c1cnc2ccc(Br)cn12. The maximum absolute atomic E-state index is 9.73. The number of fused-ring (bicyclic) bond motifs is 1. The number of hydrogen-bond donors (Lipinski definition) is 1. The van der Waals surface area contributed by atoms with Crippen molar-refractivity contribution in [2.24, 2.45) is 0 Å². The monoisotopic (exact) mass is 254 g/mol. The van der Waals surface area contributed by atoms with Crippen LogP contribution in [0, 0.1) is 0 Å². The molecule has 3 nitrogen and oxygen atoms in total. The third kappa shape index (κ3) is 1.55. The normalized spacial score (nSPS) is 13.4. The Labute approximate surface area is 90.5 Å². The first kappa shape index (κ1) is 9.68. The molecule has 0 aliphatic rings. The third-order valence-corrected chi connectivity index (χ3v) is 2.70. The van der Waals surface area contributed by atoms with Gasteiger partial charge in [-0.2, -0.15) is 0 Å². The number of nitrogens with zero attached hydrogens (tertiary/aromatic N) is 2. The fourth-order valence-electron chi connectivity index (χ4n) is 1.43. The number of halogens is 1. The van der Waals surface area contributed by atoms with Gasteiger partial charge in [0.05, 0.1) is 18.0 Å². The summed E-state index contributed by atoms with van der Waals surface area (Å²) in [6.07, 6.45) is 3.88. The van der Waals surface area contributed by atoms with Crippen LogP contribution in [0.25, 0.3) is 5.65 Å². The molecule has 14 heavy (non-hydrogen) atoms. The quantitative estimate of drug-likeness (QED) is 0.895. The zero-order valence-corrected chi connectivity index (χ0v) is 9.40. The maximum atomic E-state index is 9.73. The van der Waals surface area contributed by atoms with Crippen LogP contribution in [-0.4, -0.2) is 14.5 Å². The Hall–Kier alpha value is -0.870. The van der Waals surface area contributed by atoms with Gasteiger partial charge in [-0.1, -0.05) is 6.92 Å². The fraction of sp³-hybridized carbons (Fsp3) is 0.300. The molecule has 0 amide bonds. The number of aromatic nitrogens is 2. The highest BCUT2D eigenvalue weighted by atomic mass is 79.9. The smallest absolute Gasteiger partial charge is 0.137 e. The fourth-order valence-corrected chi connectivity index (χ4v) is 1.77. The lowest BCUT2D eigenvalue weighted by atomic mass is 10.2. The van der Waals surface area contributed by atoms with Crippen molar-refractivity contribution in [2.75, 3.05) is 0 Å². The molecular formula is C10H11BrN2O. The van der Waals surface area contributed by atoms with E-state index in [1.807, 2.05) is 29.7 Å². The van der Waals surface area contributed by atoms with Gasteiger partial charge in [0, 0.05) is 10.7 Å². The molecule has 0 saturated carbocycles. The summed E-state index contributed by atoms with van der Waals surface area (Å²) in [7, 11) is 0. The van der Waals surface area contributed by atoms with Crippen molar-refractivity contribution in [3.8, 4) is 0 Å². The lowest BCUT2D eigenvalue weighted by Gasteiger charge is -2.07. The molecule has 0 bridgehead atoms. The van der Waals surface area contributed by atoms with Crippen LogP contribution < -0.4 is 0 Å². The summed E-state index contributed by atoms with van der Waals surface area (Å²) in [6, 6.07) is 3.85. The summed E-state index contributed by atoms with van der Waals surface area (Å²) in [5.74, 6) is 0. The minimum atomic E-state index is -0.445. The number of rotatable bonds is 2. The zero-order chi connectivity index (χ0) is 10.1. The van der Waals surface area contributed by atoms with Crippen molar-refractivity contribution >= 4 is 21.6 Å². The van der Waals surface area contributed by atoms with Crippen LogP contribution in [0.5, 0.6) is 0 Å². The van der Waals surface area contributed by atoms with Gasteiger partial charge in [0.25, 0.3) is 0 Å². The second kappa shape index (κ2) is 3.71. The van der Waals surface area contributed by atoms with Crippen LogP contribution in [0.2, 0.25) is 0 Å². The van der Waals surface area contributed by atoms with Gasteiger partial charge in [-0.15, -0.1) is 0 Å². The molecule has 4 heteroatoms. The lowest BCUT2D eigenvalue weighted by molar-refractivity contribution is 0.168. The summed E-state index contributed by atoms with van der Waals surface area (Å²) < 4.78 is 2.88. The minimum absolute atomic E-state index is 0.445. The Morgan fingerprint density at radius 1 is 1.57 bits per heavy atom. The Morgan fingerprint density at radius 2 is 2.36 bits per heavy atom. The van der Waals surface area contributed by atoms with Crippen LogP contribution in [0.15, 0.2) is 29.0 Å². The van der Waals surface area contributed by atoms with Crippen molar-refractivity contribution < 1.29 is 5.11 Å². The molecule has 0 fully saturated rings. The van der Waals surface area contributed by atoms with Gasteiger partial charge in [-0.3, -0.25) is 0 Å². The third-order valence-electron chi connectivity index (χ3n) is 2.23. The molecule has 2 aromatic heterocycles. The van der Waals surface area contributed by atoms with Gasteiger partial charge >= 0.3 is 0 Å². The molecular weight excluding hydrogens is 244 g/mol. The van der Waals surface area contributed by atoms with Crippen molar-refractivity contribution in [1.29, 1.82) is 0 Å². The lowest BCUT2D eigenvalue weighted by Crippen LogP contribution is -1.99. The van der Waals surface area contributed by atoms with E-state index >= 15 is 0 Å². The van der Waals surface area contributed by atoms with E-state index in [2.05, 4.69) is 20.9 Å². The molecule has 2 rings (SSSR count). The highest BCUT2D eigenvalue weighted by Crippen LogP contribution is 2.20. The Bertz CT molecular complexity index is 452. The van der Waals surface area contributed by atoms with Crippen LogP contribution in [0.3, 0.4) is 0 Å². The molecule has 0 saturated heterocycles. The number of imidazole rings is 1. The Kier molecular flexibility index (Phi) is 2.56. The molecule has 0 aromatic carbocycles. The molecule has 2 aromatic rings. The minimum Gasteiger partial charge on any atom is -0.387 e. The molecule has 1 N–H and O–H groups in total. The topological polar surface area (TPSA) is 37.5 Å². The van der Waals surface area contributed by atoms with E-state index in [1.165, 1.54) is 0 Å². The van der Waals surface area contributed by atoms with Crippen molar-refractivity contribution in [1.82, 2.24) is 9.38 Å². The standard InChI is InChI=1S/C10H11BrN2O/c1-2-9(14)8-5-12-10-4-3-7(11)6-13(8)10/h3-6,9,14H,2H2,1H3. The second-order valence-corrected chi connectivity index (χ2v) is 4.10. The molecule has 1 unspecified atom stereocenters. The van der Waals surface area contributed by atoms with Crippen LogP contribution in [0.4, 0.5) is 0 Å². The highest BCUT2D eigenvalue weighted by Gasteiger charge is 2.10. The first-order valence-corrected chi connectivity index (χ1v) is 5.32.